The van der Waals surface area contributed by atoms with Gasteiger partial charge in [0.15, 0.2) is 0 Å². The van der Waals surface area contributed by atoms with Crippen molar-refractivity contribution in [3.05, 3.63) is 54.1 Å². The zero-order chi connectivity index (χ0) is 17.6. The molecule has 1 aliphatic heterocycles. The van der Waals surface area contributed by atoms with Crippen LogP contribution in [0.25, 0.3) is 5.70 Å². The molecule has 1 aromatic heterocycles. The molecule has 1 aromatic carbocycles. The molecule has 0 atom stereocenters. The second-order valence-corrected chi connectivity index (χ2v) is 5.26. The van der Waals surface area contributed by atoms with Crippen molar-refractivity contribution in [2.24, 2.45) is 9.98 Å². The van der Waals surface area contributed by atoms with Gasteiger partial charge in [0.1, 0.15) is 18.2 Å². The van der Waals surface area contributed by atoms with Crippen LogP contribution in [-0.4, -0.2) is 41.6 Å². The summed E-state index contributed by atoms with van der Waals surface area (Å²) in [5.74, 6) is 1.43. The Labute approximate surface area is 146 Å². The molecule has 0 radical (unpaired) electrons. The van der Waals surface area contributed by atoms with Crippen LogP contribution < -0.4 is 9.47 Å². The van der Waals surface area contributed by atoms with Crippen LogP contribution in [0.1, 0.15) is 12.6 Å². The summed E-state index contributed by atoms with van der Waals surface area (Å²) in [5.41, 5.74) is 2.39. The van der Waals surface area contributed by atoms with E-state index in [4.69, 9.17) is 9.47 Å². The normalized spacial score (nSPS) is 14.2. The lowest BCUT2D eigenvalue weighted by molar-refractivity contribution is 0.411. The average molecular weight is 337 g/mol. The van der Waals surface area contributed by atoms with E-state index < -0.39 is 0 Å². The highest BCUT2D eigenvalue weighted by molar-refractivity contribution is 5.74. The van der Waals surface area contributed by atoms with Gasteiger partial charge in [-0.1, -0.05) is 0 Å². The molecule has 0 fully saturated rings. The van der Waals surface area contributed by atoms with Crippen molar-refractivity contribution in [3.63, 3.8) is 0 Å². The van der Waals surface area contributed by atoms with Gasteiger partial charge in [0.05, 0.1) is 30.4 Å². The fraction of sp³-hybridized carbons (Fsp3) is 0.167. The molecular weight excluding hydrogens is 318 g/mol. The van der Waals surface area contributed by atoms with Crippen LogP contribution in [0.3, 0.4) is 0 Å². The number of rotatable bonds is 6. The van der Waals surface area contributed by atoms with E-state index in [1.165, 1.54) is 0 Å². The first-order valence-corrected chi connectivity index (χ1v) is 7.69. The minimum atomic E-state index is 0.388. The maximum atomic E-state index is 5.75. The predicted molar refractivity (Wildman–Crippen MR) is 98.1 cm³/mol. The zero-order valence-electron chi connectivity index (χ0n) is 14.1. The SMILES string of the molecule is C=N/C(C)=C(/c1cnc(Oc2ccc(OC)cc2)[nH]1)N1C=CC=NC1. The summed E-state index contributed by atoms with van der Waals surface area (Å²) in [5, 5.41) is 0. The molecule has 0 aliphatic carbocycles. The average Bonchev–Trinajstić information content (AvgIpc) is 3.11. The lowest BCUT2D eigenvalue weighted by atomic mass is 10.2. The Balaban J connectivity index is 1.83. The van der Waals surface area contributed by atoms with E-state index in [2.05, 4.69) is 26.7 Å². The van der Waals surface area contributed by atoms with Gasteiger partial charge in [-0.2, -0.15) is 0 Å². The van der Waals surface area contributed by atoms with Crippen molar-refractivity contribution in [2.75, 3.05) is 13.8 Å². The van der Waals surface area contributed by atoms with E-state index in [9.17, 15) is 0 Å². The number of aliphatic imine (C=N–C) groups is 2. The third kappa shape index (κ3) is 3.77. The fourth-order valence-corrected chi connectivity index (χ4v) is 2.39. The van der Waals surface area contributed by atoms with Crippen molar-refractivity contribution in [3.8, 4) is 17.5 Å². The summed E-state index contributed by atoms with van der Waals surface area (Å²) in [4.78, 5) is 17.7. The maximum absolute atomic E-state index is 5.75. The molecule has 3 rings (SSSR count). The van der Waals surface area contributed by atoms with Gasteiger partial charge < -0.3 is 19.4 Å². The number of aromatic nitrogens is 2. The van der Waals surface area contributed by atoms with E-state index in [1.807, 2.05) is 48.4 Å². The Hall–Kier alpha value is -3.35. The van der Waals surface area contributed by atoms with Crippen molar-refractivity contribution >= 4 is 18.6 Å². The highest BCUT2D eigenvalue weighted by Crippen LogP contribution is 2.27. The highest BCUT2D eigenvalue weighted by Gasteiger charge is 2.16. The zero-order valence-corrected chi connectivity index (χ0v) is 14.1. The number of imidazole rings is 1. The third-order valence-electron chi connectivity index (χ3n) is 3.64. The van der Waals surface area contributed by atoms with E-state index in [-0.39, 0.29) is 0 Å². The molecule has 128 valence electrons. The van der Waals surface area contributed by atoms with E-state index in [1.54, 1.807) is 19.5 Å². The standard InChI is InChI=1S/C18H19N5O2/c1-13(19-2)17(23-10-4-9-20-12-23)16-11-21-18(22-16)25-15-7-5-14(24-3)6-8-15/h4-11H,2,12H2,1,3H3,(H,21,22)/b17-13-. The largest absolute Gasteiger partial charge is 0.497 e. The molecule has 1 aliphatic rings. The molecular formula is C18H19N5O2. The number of allylic oxidation sites excluding steroid dienone is 2. The van der Waals surface area contributed by atoms with Crippen LogP contribution in [0.2, 0.25) is 0 Å². The summed E-state index contributed by atoms with van der Waals surface area (Å²) < 4.78 is 10.9. The Kier molecular flexibility index (Phi) is 4.94. The van der Waals surface area contributed by atoms with Gasteiger partial charge in [-0.3, -0.25) is 9.98 Å². The molecule has 7 nitrogen and oxygen atoms in total. The van der Waals surface area contributed by atoms with Crippen LogP contribution in [-0.2, 0) is 0 Å². The van der Waals surface area contributed by atoms with Crippen LogP contribution in [0, 0.1) is 0 Å². The summed E-state index contributed by atoms with van der Waals surface area (Å²) in [6, 6.07) is 7.67. The summed E-state index contributed by atoms with van der Waals surface area (Å²) in [7, 11) is 1.62. The van der Waals surface area contributed by atoms with Crippen molar-refractivity contribution < 1.29 is 9.47 Å². The molecule has 2 heterocycles. The number of benzene rings is 1. The molecule has 1 N–H and O–H groups in total. The molecule has 0 saturated heterocycles. The van der Waals surface area contributed by atoms with Gasteiger partial charge in [-0.25, -0.2) is 4.98 Å². The molecule has 0 bridgehead atoms. The maximum Gasteiger partial charge on any atom is 0.299 e. The minimum absolute atomic E-state index is 0.388. The van der Waals surface area contributed by atoms with Crippen LogP contribution >= 0.6 is 0 Å². The predicted octanol–water partition coefficient (Wildman–Crippen LogP) is 3.46. The summed E-state index contributed by atoms with van der Waals surface area (Å²) in [6.45, 7) is 6.01. The van der Waals surface area contributed by atoms with Gasteiger partial charge in [0.25, 0.3) is 6.01 Å². The monoisotopic (exact) mass is 337 g/mol. The Morgan fingerprint density at radius 1 is 1.28 bits per heavy atom. The number of H-pyrrole nitrogens is 1. The lowest BCUT2D eigenvalue weighted by Crippen LogP contribution is -2.19. The third-order valence-corrected chi connectivity index (χ3v) is 3.64. The van der Waals surface area contributed by atoms with Crippen molar-refractivity contribution in [1.29, 1.82) is 0 Å². The van der Waals surface area contributed by atoms with Gasteiger partial charge in [-0.15, -0.1) is 0 Å². The summed E-state index contributed by atoms with van der Waals surface area (Å²) >= 11 is 0. The molecule has 0 spiro atoms. The smallest absolute Gasteiger partial charge is 0.299 e. The van der Waals surface area contributed by atoms with Crippen molar-refractivity contribution in [2.45, 2.75) is 6.92 Å². The molecule has 7 heteroatoms. The first-order chi connectivity index (χ1) is 12.2. The molecule has 0 unspecified atom stereocenters. The Morgan fingerprint density at radius 3 is 2.68 bits per heavy atom. The van der Waals surface area contributed by atoms with E-state index >= 15 is 0 Å². The Morgan fingerprint density at radius 2 is 2.04 bits per heavy atom. The molecule has 0 saturated carbocycles. The number of hydrogen-bond donors (Lipinski definition) is 1. The number of nitrogens with zero attached hydrogens (tertiary/aromatic N) is 4. The number of aromatic amines is 1. The second-order valence-electron chi connectivity index (χ2n) is 5.26. The minimum Gasteiger partial charge on any atom is -0.497 e. The van der Waals surface area contributed by atoms with Crippen molar-refractivity contribution in [1.82, 2.24) is 14.9 Å². The first-order valence-electron chi connectivity index (χ1n) is 7.69. The molecule has 2 aromatic rings. The van der Waals surface area contributed by atoms with Crippen LogP contribution in [0.15, 0.2) is 58.4 Å². The quantitative estimate of drug-likeness (QED) is 0.819. The lowest BCUT2D eigenvalue weighted by Gasteiger charge is -2.23. The number of ether oxygens (including phenoxy) is 2. The van der Waals surface area contributed by atoms with Crippen LogP contribution in [0.5, 0.6) is 17.5 Å². The van der Waals surface area contributed by atoms with E-state index in [0.717, 1.165) is 22.8 Å². The van der Waals surface area contributed by atoms with Gasteiger partial charge in [-0.05, 0) is 44.0 Å². The van der Waals surface area contributed by atoms with Gasteiger partial charge in [0, 0.05) is 12.4 Å². The number of methoxy groups -OCH3 is 1. The van der Waals surface area contributed by atoms with Crippen LogP contribution in [0.4, 0.5) is 0 Å². The van der Waals surface area contributed by atoms with E-state index in [0.29, 0.717) is 18.4 Å². The van der Waals surface area contributed by atoms with Gasteiger partial charge >= 0.3 is 0 Å². The van der Waals surface area contributed by atoms with Gasteiger partial charge in [0.2, 0.25) is 0 Å². The molecule has 25 heavy (non-hydrogen) atoms. The number of nitrogens with one attached hydrogen (secondary N) is 1. The first kappa shape index (κ1) is 16.5. The Bertz CT molecular complexity index is 833. The highest BCUT2D eigenvalue weighted by atomic mass is 16.5. The number of hydrogen-bond acceptors (Lipinski definition) is 6. The second kappa shape index (κ2) is 7.48. The fourth-order valence-electron chi connectivity index (χ4n) is 2.39. The molecule has 0 amide bonds. The summed E-state index contributed by atoms with van der Waals surface area (Å²) in [6.07, 6.45) is 7.26. The topological polar surface area (TPSA) is 75.1 Å².